The van der Waals surface area contributed by atoms with Gasteiger partial charge in [-0.15, -0.1) is 0 Å². The van der Waals surface area contributed by atoms with Crippen LogP contribution in [0.25, 0.3) is 0 Å². The number of hydrogen-bond donors (Lipinski definition) is 2. The maximum atomic E-state index is 13.7. The molecule has 4 aromatic carbocycles. The molecule has 2 aliphatic rings. The Morgan fingerprint density at radius 2 is 0.793 bits per heavy atom. The SMILES string of the molecule is C[C@@H](c1ccccc1)[C@@H](O)[C@@H]1C(=O)N(Cc2ccccc2)C(=O)C[C@H]1C(F)(F)F.C[C@@H](c1ccccc1)[C@@H](O)[C@@H]1C(=O)N(Cc2ccccc2)C(=O)C[C@H]1C(F)(F)F. The Balaban J connectivity index is 0.000000221. The number of imide groups is 2. The summed E-state index contributed by atoms with van der Waals surface area (Å²) in [4.78, 5) is 52.5. The summed E-state index contributed by atoms with van der Waals surface area (Å²) in [5.74, 6) is -13.0. The molecule has 8 atom stereocenters. The van der Waals surface area contributed by atoms with Gasteiger partial charge in [0.05, 0.1) is 49.0 Å². The molecule has 4 amide bonds. The number of aliphatic hydroxyl groups is 2. The molecule has 0 saturated carbocycles. The lowest BCUT2D eigenvalue weighted by Crippen LogP contribution is -2.56. The van der Waals surface area contributed by atoms with Gasteiger partial charge in [-0.05, 0) is 22.3 Å². The normalized spacial score (nSPS) is 22.4. The maximum Gasteiger partial charge on any atom is 0.393 e. The van der Waals surface area contributed by atoms with Crippen LogP contribution < -0.4 is 0 Å². The predicted octanol–water partition coefficient (Wildman–Crippen LogP) is 7.81. The first-order chi connectivity index (χ1) is 27.4. The van der Waals surface area contributed by atoms with Crippen LogP contribution in [-0.2, 0) is 32.3 Å². The summed E-state index contributed by atoms with van der Waals surface area (Å²) in [5.41, 5.74) is 2.51. The van der Waals surface area contributed by atoms with Crippen molar-refractivity contribution < 1.29 is 55.7 Å². The standard InChI is InChI=1S/2C22H22F3NO3/c2*1-14(16-10-6-3-7-11-16)20(28)19-17(22(23,24)25)12-18(27)26(21(19)29)13-15-8-4-2-5-9-15/h2*2-11,14,17,19-20,28H,12-13H2,1H3/t2*14-,17+,19+,20+/m00/s1. The van der Waals surface area contributed by atoms with E-state index in [1.54, 1.807) is 135 Å². The van der Waals surface area contributed by atoms with Crippen molar-refractivity contribution in [2.45, 2.75) is 76.2 Å². The molecule has 2 aliphatic heterocycles. The van der Waals surface area contributed by atoms with Crippen LogP contribution in [0.4, 0.5) is 26.3 Å². The fourth-order valence-corrected chi connectivity index (χ4v) is 7.60. The van der Waals surface area contributed by atoms with E-state index in [9.17, 15) is 55.7 Å². The van der Waals surface area contributed by atoms with Crippen LogP contribution in [0.1, 0.15) is 60.8 Å². The van der Waals surface area contributed by atoms with E-state index in [2.05, 4.69) is 0 Å². The van der Waals surface area contributed by atoms with Gasteiger partial charge in [-0.3, -0.25) is 29.0 Å². The molecule has 2 fully saturated rings. The molecule has 8 nitrogen and oxygen atoms in total. The van der Waals surface area contributed by atoms with E-state index in [-0.39, 0.29) is 13.1 Å². The Labute approximate surface area is 332 Å². The van der Waals surface area contributed by atoms with E-state index in [4.69, 9.17) is 0 Å². The number of benzene rings is 4. The van der Waals surface area contributed by atoms with Gasteiger partial charge in [-0.2, -0.15) is 26.3 Å². The zero-order valence-electron chi connectivity index (χ0n) is 31.7. The average molecular weight is 811 g/mol. The first kappa shape index (κ1) is 43.8. The van der Waals surface area contributed by atoms with Crippen molar-refractivity contribution in [1.82, 2.24) is 9.80 Å². The summed E-state index contributed by atoms with van der Waals surface area (Å²) in [6.07, 6.45) is -14.4. The molecule has 6 rings (SSSR count). The molecular weight excluding hydrogens is 766 g/mol. The molecule has 0 aliphatic carbocycles. The molecule has 308 valence electrons. The topological polar surface area (TPSA) is 115 Å². The predicted molar refractivity (Wildman–Crippen MR) is 201 cm³/mol. The summed E-state index contributed by atoms with van der Waals surface area (Å²) >= 11 is 0. The lowest BCUT2D eigenvalue weighted by atomic mass is 9.75. The van der Waals surface area contributed by atoms with Gasteiger partial charge in [0.25, 0.3) is 0 Å². The van der Waals surface area contributed by atoms with Crippen molar-refractivity contribution in [3.05, 3.63) is 144 Å². The molecule has 58 heavy (non-hydrogen) atoms. The lowest BCUT2D eigenvalue weighted by molar-refractivity contribution is -0.215. The number of halogens is 6. The summed E-state index contributed by atoms with van der Waals surface area (Å²) in [7, 11) is 0. The smallest absolute Gasteiger partial charge is 0.392 e. The number of carbonyl (C=O) groups excluding carboxylic acids is 4. The number of nitrogens with zero attached hydrogens (tertiary/aromatic N) is 2. The second kappa shape index (κ2) is 18.5. The number of alkyl halides is 6. The Morgan fingerprint density at radius 3 is 1.07 bits per heavy atom. The van der Waals surface area contributed by atoms with Crippen LogP contribution >= 0.6 is 0 Å². The summed E-state index contributed by atoms with van der Waals surface area (Å²) in [5, 5.41) is 21.6. The lowest BCUT2D eigenvalue weighted by Gasteiger charge is -2.40. The molecule has 0 unspecified atom stereocenters. The molecule has 14 heteroatoms. The first-order valence-corrected chi connectivity index (χ1v) is 18.8. The van der Waals surface area contributed by atoms with E-state index >= 15 is 0 Å². The summed E-state index contributed by atoms with van der Waals surface area (Å²) in [6.45, 7) is 2.93. The molecule has 2 heterocycles. The van der Waals surface area contributed by atoms with Crippen molar-refractivity contribution >= 4 is 23.6 Å². The quantitative estimate of drug-likeness (QED) is 0.125. The number of piperidine rings is 2. The number of amides is 4. The molecule has 2 N–H and O–H groups in total. The number of likely N-dealkylation sites (tertiary alicyclic amines) is 2. The van der Waals surface area contributed by atoms with Crippen LogP contribution in [0.5, 0.6) is 0 Å². The van der Waals surface area contributed by atoms with Crippen molar-refractivity contribution in [2.75, 3.05) is 0 Å². The van der Waals surface area contributed by atoms with Gasteiger partial charge in [0, 0.05) is 24.7 Å². The first-order valence-electron chi connectivity index (χ1n) is 18.8. The number of carbonyl (C=O) groups is 4. The monoisotopic (exact) mass is 810 g/mol. The second-order valence-corrected chi connectivity index (χ2v) is 14.7. The van der Waals surface area contributed by atoms with Crippen molar-refractivity contribution in [1.29, 1.82) is 0 Å². The van der Waals surface area contributed by atoms with E-state index in [1.165, 1.54) is 0 Å². The molecule has 2 saturated heterocycles. The third kappa shape index (κ3) is 10.2. The van der Waals surface area contributed by atoms with Gasteiger partial charge in [-0.1, -0.05) is 135 Å². The third-order valence-electron chi connectivity index (χ3n) is 11.0. The fraction of sp³-hybridized carbons (Fsp3) is 0.364. The molecule has 0 aromatic heterocycles. The van der Waals surface area contributed by atoms with Gasteiger partial charge >= 0.3 is 12.4 Å². The van der Waals surface area contributed by atoms with Gasteiger partial charge in [0.15, 0.2) is 0 Å². The Bertz CT molecular complexity index is 1850. The van der Waals surface area contributed by atoms with Crippen LogP contribution in [0.2, 0.25) is 0 Å². The van der Waals surface area contributed by atoms with E-state index in [0.717, 1.165) is 9.80 Å². The minimum atomic E-state index is -4.77. The molecule has 0 radical (unpaired) electrons. The molecule has 4 aromatic rings. The van der Waals surface area contributed by atoms with Gasteiger partial charge < -0.3 is 10.2 Å². The molecular formula is C44H44F6N2O6. The number of hydrogen-bond acceptors (Lipinski definition) is 6. The maximum absolute atomic E-state index is 13.7. The van der Waals surface area contributed by atoms with Crippen LogP contribution in [0.15, 0.2) is 121 Å². The largest absolute Gasteiger partial charge is 0.393 e. The minimum absolute atomic E-state index is 0.119. The third-order valence-corrected chi connectivity index (χ3v) is 11.0. The summed E-state index contributed by atoms with van der Waals surface area (Å²) in [6, 6.07) is 34.3. The highest BCUT2D eigenvalue weighted by atomic mass is 19.4. The molecule has 0 spiro atoms. The van der Waals surface area contributed by atoms with Gasteiger partial charge in [-0.25, -0.2) is 0 Å². The number of aliphatic hydroxyl groups excluding tert-OH is 2. The second-order valence-electron chi connectivity index (χ2n) is 14.7. The van der Waals surface area contributed by atoms with Crippen molar-refractivity contribution in [3.8, 4) is 0 Å². The molecule has 0 bridgehead atoms. The number of rotatable bonds is 10. The van der Waals surface area contributed by atoms with E-state index in [0.29, 0.717) is 22.3 Å². The zero-order chi connectivity index (χ0) is 42.4. The summed E-state index contributed by atoms with van der Waals surface area (Å²) < 4.78 is 82.1. The highest BCUT2D eigenvalue weighted by molar-refractivity contribution is 6.00. The Morgan fingerprint density at radius 1 is 0.517 bits per heavy atom. The average Bonchev–Trinajstić information content (AvgIpc) is 3.20. The Kier molecular flexibility index (Phi) is 14.0. The Hall–Kier alpha value is -5.34. The fourth-order valence-electron chi connectivity index (χ4n) is 7.60. The highest BCUT2D eigenvalue weighted by Gasteiger charge is 2.58. The van der Waals surface area contributed by atoms with E-state index in [1.807, 2.05) is 0 Å². The minimum Gasteiger partial charge on any atom is -0.392 e. The zero-order valence-corrected chi connectivity index (χ0v) is 31.7. The van der Waals surface area contributed by atoms with Crippen molar-refractivity contribution in [2.24, 2.45) is 23.7 Å². The van der Waals surface area contributed by atoms with Crippen LogP contribution in [0.3, 0.4) is 0 Å². The van der Waals surface area contributed by atoms with Crippen LogP contribution in [0, 0.1) is 23.7 Å². The van der Waals surface area contributed by atoms with Gasteiger partial charge in [0.2, 0.25) is 23.6 Å². The van der Waals surface area contributed by atoms with Crippen molar-refractivity contribution in [3.63, 3.8) is 0 Å². The highest BCUT2D eigenvalue weighted by Crippen LogP contribution is 2.45. The van der Waals surface area contributed by atoms with Gasteiger partial charge in [0.1, 0.15) is 0 Å². The van der Waals surface area contributed by atoms with E-state index < -0.39 is 96.5 Å². The van der Waals surface area contributed by atoms with Crippen LogP contribution in [-0.4, -0.2) is 68.2 Å².